The van der Waals surface area contributed by atoms with E-state index in [4.69, 9.17) is 4.74 Å². The molecule has 0 atom stereocenters. The third kappa shape index (κ3) is 5.57. The van der Waals surface area contributed by atoms with E-state index in [9.17, 15) is 8.42 Å². The monoisotopic (exact) mass is 469 g/mol. The largest absolute Gasteiger partial charge is 0.494 e. The Morgan fingerprint density at radius 3 is 2.59 bits per heavy atom. The lowest BCUT2D eigenvalue weighted by molar-refractivity contribution is 0.340. The molecule has 0 N–H and O–H groups in total. The number of hydrogen-bond acceptors (Lipinski definition) is 8. The van der Waals surface area contributed by atoms with Crippen LogP contribution in [0.25, 0.3) is 16.3 Å². The molecule has 0 saturated carbocycles. The van der Waals surface area contributed by atoms with E-state index in [-0.39, 0.29) is 11.5 Å². The van der Waals surface area contributed by atoms with Gasteiger partial charge in [0.2, 0.25) is 0 Å². The van der Waals surface area contributed by atoms with Gasteiger partial charge in [-0.25, -0.2) is 13.4 Å². The fourth-order valence-electron chi connectivity index (χ4n) is 3.25. The summed E-state index contributed by atoms with van der Waals surface area (Å²) < 4.78 is 32.4. The van der Waals surface area contributed by atoms with Gasteiger partial charge in [-0.05, 0) is 60.2 Å². The maximum Gasteiger partial charge on any atom is 0.156 e. The maximum atomic E-state index is 12.6. The summed E-state index contributed by atoms with van der Waals surface area (Å²) in [5.41, 5.74) is 2.35. The molecule has 0 bridgehead atoms. The molecule has 0 aliphatic rings. The van der Waals surface area contributed by atoms with Crippen molar-refractivity contribution < 1.29 is 13.2 Å². The van der Waals surface area contributed by atoms with Crippen LogP contribution in [0.1, 0.15) is 24.9 Å². The van der Waals surface area contributed by atoms with E-state index in [0.29, 0.717) is 31.0 Å². The summed E-state index contributed by atoms with van der Waals surface area (Å²) in [6, 6.07) is 17.2. The Labute approximate surface area is 190 Å². The molecule has 0 saturated heterocycles. The normalized spacial score (nSPS) is 11.5. The number of aryl methyl sites for hydroxylation is 1. The lowest BCUT2D eigenvalue weighted by atomic mass is 10.2. The Hall–Kier alpha value is -3.11. The van der Waals surface area contributed by atoms with Crippen molar-refractivity contribution in [3.05, 3.63) is 71.5 Å². The molecule has 0 aliphatic heterocycles. The summed E-state index contributed by atoms with van der Waals surface area (Å²) in [6.45, 7) is 2.55. The summed E-state index contributed by atoms with van der Waals surface area (Å²) in [5, 5.41) is 14.4. The summed E-state index contributed by atoms with van der Waals surface area (Å²) in [6.07, 6.45) is 0.904. The lowest BCUT2D eigenvalue weighted by Gasteiger charge is -2.05. The lowest BCUT2D eigenvalue weighted by Crippen LogP contribution is -2.12. The minimum Gasteiger partial charge on any atom is -0.494 e. The van der Waals surface area contributed by atoms with Crippen molar-refractivity contribution in [2.45, 2.75) is 25.5 Å². The zero-order chi connectivity index (χ0) is 22.4. The molecule has 2 aromatic carbocycles. The first-order chi connectivity index (χ1) is 15.5. The zero-order valence-electron chi connectivity index (χ0n) is 17.6. The first-order valence-corrected chi connectivity index (χ1v) is 12.9. The first-order valence-electron chi connectivity index (χ1n) is 10.2. The number of thiazole rings is 1. The average molecular weight is 470 g/mol. The van der Waals surface area contributed by atoms with Gasteiger partial charge in [0.25, 0.3) is 0 Å². The quantitative estimate of drug-likeness (QED) is 0.349. The van der Waals surface area contributed by atoms with Crippen molar-refractivity contribution >= 4 is 21.2 Å². The Morgan fingerprint density at radius 2 is 1.84 bits per heavy atom. The van der Waals surface area contributed by atoms with Crippen molar-refractivity contribution in [2.75, 3.05) is 12.4 Å². The number of tetrazole rings is 1. The summed E-state index contributed by atoms with van der Waals surface area (Å²) in [7, 11) is -3.30. The molecule has 10 heteroatoms. The fraction of sp³-hybridized carbons (Fsp3) is 0.273. The van der Waals surface area contributed by atoms with E-state index in [1.807, 2.05) is 61.5 Å². The van der Waals surface area contributed by atoms with Crippen molar-refractivity contribution in [2.24, 2.45) is 0 Å². The van der Waals surface area contributed by atoms with Crippen molar-refractivity contribution in [1.82, 2.24) is 25.2 Å². The topological polar surface area (TPSA) is 99.9 Å². The second kappa shape index (κ2) is 10.0. The van der Waals surface area contributed by atoms with Crippen LogP contribution >= 0.6 is 11.3 Å². The van der Waals surface area contributed by atoms with E-state index < -0.39 is 9.84 Å². The molecular weight excluding hydrogens is 446 g/mol. The fourth-order valence-corrected chi connectivity index (χ4v) is 5.50. The highest BCUT2D eigenvalue weighted by atomic mass is 32.2. The van der Waals surface area contributed by atoms with Crippen molar-refractivity contribution in [1.29, 1.82) is 0 Å². The van der Waals surface area contributed by atoms with Crippen LogP contribution in [0.15, 0.2) is 60.0 Å². The standard InChI is InChI=1S/C22H23N5O3S2/c1-2-30-20-12-10-17(11-13-20)22-23-18(15-31-22)16-32(28,29)14-6-9-21-24-25-26-27(21)19-7-4-3-5-8-19/h3-5,7-8,10-13,15H,2,6,9,14,16H2,1H3. The van der Waals surface area contributed by atoms with E-state index in [1.165, 1.54) is 11.3 Å². The predicted octanol–water partition coefficient (Wildman–Crippen LogP) is 3.73. The number of benzene rings is 2. The SMILES string of the molecule is CCOc1ccc(-c2nc(CS(=O)(=O)CCCc3nnnn3-c3ccccc3)cs2)cc1. The predicted molar refractivity (Wildman–Crippen MR) is 124 cm³/mol. The third-order valence-electron chi connectivity index (χ3n) is 4.72. The van der Waals surface area contributed by atoms with Crippen LogP contribution in [0.4, 0.5) is 0 Å². The molecule has 2 aromatic heterocycles. The van der Waals surface area contributed by atoms with Crippen molar-refractivity contribution in [3.63, 3.8) is 0 Å². The van der Waals surface area contributed by atoms with Gasteiger partial charge in [-0.2, -0.15) is 4.68 Å². The highest BCUT2D eigenvalue weighted by Gasteiger charge is 2.16. The molecule has 0 aliphatic carbocycles. The van der Waals surface area contributed by atoms with Gasteiger partial charge in [0.15, 0.2) is 15.7 Å². The van der Waals surface area contributed by atoms with Crippen LogP contribution in [0, 0.1) is 0 Å². The third-order valence-corrected chi connectivity index (χ3v) is 7.31. The van der Waals surface area contributed by atoms with Gasteiger partial charge >= 0.3 is 0 Å². The first kappa shape index (κ1) is 22.1. The maximum absolute atomic E-state index is 12.6. The van der Waals surface area contributed by atoms with Crippen molar-refractivity contribution in [3.8, 4) is 22.0 Å². The number of aromatic nitrogens is 5. The van der Waals surface area contributed by atoms with E-state index >= 15 is 0 Å². The van der Waals surface area contributed by atoms with Gasteiger partial charge < -0.3 is 4.74 Å². The van der Waals surface area contributed by atoms with Gasteiger partial charge in [-0.1, -0.05) is 18.2 Å². The molecule has 0 spiro atoms. The van der Waals surface area contributed by atoms with Gasteiger partial charge in [-0.15, -0.1) is 16.4 Å². The molecule has 0 radical (unpaired) electrons. The number of para-hydroxylation sites is 1. The van der Waals surface area contributed by atoms with Crippen LogP contribution in [-0.2, 0) is 22.0 Å². The molecule has 166 valence electrons. The van der Waals surface area contributed by atoms with Crippen LogP contribution in [0.5, 0.6) is 5.75 Å². The van der Waals surface area contributed by atoms with Gasteiger partial charge in [0.05, 0.1) is 29.5 Å². The number of sulfone groups is 1. The Bertz CT molecular complexity index is 1250. The molecule has 32 heavy (non-hydrogen) atoms. The average Bonchev–Trinajstić information content (AvgIpc) is 3.44. The molecule has 4 rings (SSSR count). The Morgan fingerprint density at radius 1 is 1.06 bits per heavy atom. The van der Waals surface area contributed by atoms with Gasteiger partial charge in [0, 0.05) is 17.4 Å². The number of nitrogens with zero attached hydrogens (tertiary/aromatic N) is 5. The van der Waals surface area contributed by atoms with Crippen LogP contribution < -0.4 is 4.74 Å². The smallest absolute Gasteiger partial charge is 0.156 e. The molecular formula is C22H23N5O3S2. The molecule has 0 unspecified atom stereocenters. The number of ether oxygens (including phenoxy) is 1. The minimum atomic E-state index is -3.30. The zero-order valence-corrected chi connectivity index (χ0v) is 19.2. The van der Waals surface area contributed by atoms with Gasteiger partial charge in [0.1, 0.15) is 10.8 Å². The summed E-state index contributed by atoms with van der Waals surface area (Å²) in [5.74, 6) is 1.40. The molecule has 2 heterocycles. The second-order valence-corrected chi connectivity index (χ2v) is 10.2. The van der Waals surface area contributed by atoms with Crippen LogP contribution in [0.2, 0.25) is 0 Å². The highest BCUT2D eigenvalue weighted by Crippen LogP contribution is 2.26. The summed E-state index contributed by atoms with van der Waals surface area (Å²) in [4.78, 5) is 4.52. The van der Waals surface area contributed by atoms with Gasteiger partial charge in [-0.3, -0.25) is 0 Å². The molecule has 8 nitrogen and oxygen atoms in total. The Kier molecular flexibility index (Phi) is 6.91. The molecule has 4 aromatic rings. The minimum absolute atomic E-state index is 0.0462. The van der Waals surface area contributed by atoms with E-state index in [2.05, 4.69) is 20.5 Å². The Balaban J connectivity index is 1.34. The highest BCUT2D eigenvalue weighted by molar-refractivity contribution is 7.90. The number of rotatable bonds is 10. The number of hydrogen-bond donors (Lipinski definition) is 0. The summed E-state index contributed by atoms with van der Waals surface area (Å²) >= 11 is 1.44. The molecule has 0 amide bonds. The van der Waals surface area contributed by atoms with Crippen LogP contribution in [0.3, 0.4) is 0 Å². The van der Waals surface area contributed by atoms with Crippen LogP contribution in [-0.4, -0.2) is 46.0 Å². The molecule has 0 fully saturated rings. The second-order valence-electron chi connectivity index (χ2n) is 7.14. The van der Waals surface area contributed by atoms with E-state index in [0.717, 1.165) is 22.0 Å². The van der Waals surface area contributed by atoms with E-state index in [1.54, 1.807) is 10.1 Å².